The highest BCUT2D eigenvalue weighted by molar-refractivity contribution is 7.80. The molecule has 8 heteroatoms. The summed E-state index contributed by atoms with van der Waals surface area (Å²) in [5, 5.41) is 16.0. The number of thiocarbonyl (C=S) groups is 1. The third-order valence-electron chi connectivity index (χ3n) is 2.91. The summed E-state index contributed by atoms with van der Waals surface area (Å²) < 4.78 is 0.816. The van der Waals surface area contributed by atoms with Crippen molar-refractivity contribution >= 4 is 61.5 Å². The summed E-state index contributed by atoms with van der Waals surface area (Å²) in [5.74, 6) is -0.187. The fraction of sp³-hybridized carbons (Fsp3) is 0. The van der Waals surface area contributed by atoms with Gasteiger partial charge in [0.15, 0.2) is 10.2 Å². The van der Waals surface area contributed by atoms with E-state index in [0.29, 0.717) is 15.7 Å². The van der Waals surface area contributed by atoms with Crippen molar-refractivity contribution < 1.29 is 9.90 Å². The molecule has 0 unspecified atom stereocenters. The summed E-state index contributed by atoms with van der Waals surface area (Å²) in [7, 11) is 0. The van der Waals surface area contributed by atoms with Crippen molar-refractivity contribution in [1.82, 2.24) is 10.3 Å². The summed E-state index contributed by atoms with van der Waals surface area (Å²) in [6.45, 7) is 0. The van der Waals surface area contributed by atoms with Crippen LogP contribution in [0.4, 0.5) is 5.13 Å². The summed E-state index contributed by atoms with van der Waals surface area (Å²) in [6.07, 6.45) is 0. The molecule has 116 valence electrons. The van der Waals surface area contributed by atoms with Gasteiger partial charge in [-0.15, -0.1) is 0 Å². The first kappa shape index (κ1) is 15.7. The van der Waals surface area contributed by atoms with Gasteiger partial charge in [0, 0.05) is 10.6 Å². The Balaban J connectivity index is 1.69. The first-order valence-corrected chi connectivity index (χ1v) is 8.09. The van der Waals surface area contributed by atoms with E-state index < -0.39 is 0 Å². The van der Waals surface area contributed by atoms with E-state index in [1.807, 2.05) is 0 Å². The van der Waals surface area contributed by atoms with Gasteiger partial charge in [-0.1, -0.05) is 29.0 Å². The normalized spacial score (nSPS) is 10.5. The minimum Gasteiger partial charge on any atom is -0.508 e. The van der Waals surface area contributed by atoms with E-state index >= 15 is 0 Å². The number of phenolic OH excluding ortho intramolecular Hbond substituents is 1. The number of halogens is 1. The largest absolute Gasteiger partial charge is 0.508 e. The molecule has 3 aromatic rings. The zero-order valence-corrected chi connectivity index (χ0v) is 13.9. The van der Waals surface area contributed by atoms with Crippen molar-refractivity contribution in [3.63, 3.8) is 0 Å². The lowest BCUT2D eigenvalue weighted by Crippen LogP contribution is -2.34. The molecular formula is C15H10ClN3O2S2. The van der Waals surface area contributed by atoms with E-state index in [9.17, 15) is 9.90 Å². The number of carbonyl (C=O) groups excluding carboxylic acids is 1. The molecule has 0 saturated heterocycles. The minimum atomic E-state index is -0.358. The number of anilines is 1. The van der Waals surface area contributed by atoms with Crippen molar-refractivity contribution in [2.24, 2.45) is 0 Å². The lowest BCUT2D eigenvalue weighted by molar-refractivity contribution is 0.0977. The van der Waals surface area contributed by atoms with Gasteiger partial charge < -0.3 is 10.4 Å². The molecule has 0 spiro atoms. The predicted octanol–water partition coefficient (Wildman–Crippen LogP) is 3.78. The van der Waals surface area contributed by atoms with E-state index in [0.717, 1.165) is 10.2 Å². The van der Waals surface area contributed by atoms with Gasteiger partial charge in [0.05, 0.1) is 10.2 Å². The van der Waals surface area contributed by atoms with Crippen LogP contribution in [-0.4, -0.2) is 21.1 Å². The average Bonchev–Trinajstić information content (AvgIpc) is 2.88. The number of rotatable bonds is 2. The number of hydrogen-bond acceptors (Lipinski definition) is 5. The number of phenols is 1. The van der Waals surface area contributed by atoms with Gasteiger partial charge in [0.25, 0.3) is 5.91 Å². The fourth-order valence-corrected chi connectivity index (χ4v) is 3.25. The number of aromatic nitrogens is 1. The Bertz CT molecular complexity index is 911. The summed E-state index contributed by atoms with van der Waals surface area (Å²) in [4.78, 5) is 16.4. The van der Waals surface area contributed by atoms with E-state index in [2.05, 4.69) is 15.6 Å². The fourth-order valence-electron chi connectivity index (χ4n) is 1.90. The zero-order chi connectivity index (χ0) is 16.4. The van der Waals surface area contributed by atoms with E-state index in [1.54, 1.807) is 42.5 Å². The van der Waals surface area contributed by atoms with Crippen LogP contribution < -0.4 is 10.6 Å². The molecule has 1 aromatic heterocycles. The number of nitrogens with zero attached hydrogens (tertiary/aromatic N) is 1. The second-order valence-corrected chi connectivity index (χ2v) is 6.46. The van der Waals surface area contributed by atoms with E-state index in [-0.39, 0.29) is 16.8 Å². The molecular weight excluding hydrogens is 354 g/mol. The second-order valence-electron chi connectivity index (χ2n) is 4.59. The van der Waals surface area contributed by atoms with Crippen molar-refractivity contribution in [1.29, 1.82) is 0 Å². The maximum absolute atomic E-state index is 12.1. The SMILES string of the molecule is O=C(NC(=S)Nc1nc2ccc(O)cc2s1)c1cccc(Cl)c1. The van der Waals surface area contributed by atoms with Crippen molar-refractivity contribution in [2.45, 2.75) is 0 Å². The number of fused-ring (bicyclic) bond motifs is 1. The molecule has 0 bridgehead atoms. The topological polar surface area (TPSA) is 74.2 Å². The van der Waals surface area contributed by atoms with Gasteiger partial charge in [-0.25, -0.2) is 4.98 Å². The van der Waals surface area contributed by atoms with Crippen LogP contribution in [-0.2, 0) is 0 Å². The summed E-state index contributed by atoms with van der Waals surface area (Å²) >= 11 is 12.3. The molecule has 5 nitrogen and oxygen atoms in total. The molecule has 2 aromatic carbocycles. The lowest BCUT2D eigenvalue weighted by Gasteiger charge is -2.07. The highest BCUT2D eigenvalue weighted by Gasteiger charge is 2.10. The molecule has 1 heterocycles. The van der Waals surface area contributed by atoms with Gasteiger partial charge in [-0.3, -0.25) is 10.1 Å². The molecule has 0 saturated carbocycles. The van der Waals surface area contributed by atoms with Crippen LogP contribution in [0, 0.1) is 0 Å². The highest BCUT2D eigenvalue weighted by atomic mass is 35.5. The summed E-state index contributed by atoms with van der Waals surface area (Å²) in [5.41, 5.74) is 1.15. The second kappa shape index (κ2) is 6.49. The molecule has 0 radical (unpaired) electrons. The Hall–Kier alpha value is -2.22. The lowest BCUT2D eigenvalue weighted by atomic mass is 10.2. The van der Waals surface area contributed by atoms with Crippen LogP contribution >= 0.6 is 35.2 Å². The van der Waals surface area contributed by atoms with Crippen LogP contribution in [0.2, 0.25) is 5.02 Å². The van der Waals surface area contributed by atoms with Crippen molar-refractivity contribution in [3.05, 3.63) is 53.1 Å². The molecule has 0 fully saturated rings. The van der Waals surface area contributed by atoms with Gasteiger partial charge >= 0.3 is 0 Å². The maximum atomic E-state index is 12.1. The molecule has 3 rings (SSSR count). The molecule has 23 heavy (non-hydrogen) atoms. The monoisotopic (exact) mass is 363 g/mol. The van der Waals surface area contributed by atoms with Crippen molar-refractivity contribution in [2.75, 3.05) is 5.32 Å². The van der Waals surface area contributed by atoms with Crippen molar-refractivity contribution in [3.8, 4) is 5.75 Å². The smallest absolute Gasteiger partial charge is 0.257 e. The third kappa shape index (κ3) is 3.76. The molecule has 0 aliphatic rings. The number of amides is 1. The van der Waals surface area contributed by atoms with Crippen LogP contribution in [0.5, 0.6) is 5.75 Å². The Labute approximate surface area is 145 Å². The maximum Gasteiger partial charge on any atom is 0.257 e. The Morgan fingerprint density at radius 1 is 1.26 bits per heavy atom. The Morgan fingerprint density at radius 2 is 2.09 bits per heavy atom. The minimum absolute atomic E-state index is 0.137. The average molecular weight is 364 g/mol. The molecule has 1 amide bonds. The number of nitrogens with one attached hydrogen (secondary N) is 2. The standard InChI is InChI=1S/C15H10ClN3O2S2/c16-9-3-1-2-8(6-9)13(21)18-14(22)19-15-17-11-5-4-10(20)7-12(11)23-15/h1-7,20H,(H2,17,18,19,21,22). The molecule has 0 atom stereocenters. The predicted molar refractivity (Wildman–Crippen MR) is 96.4 cm³/mol. The van der Waals surface area contributed by atoms with Crippen LogP contribution in [0.15, 0.2) is 42.5 Å². The summed E-state index contributed by atoms with van der Waals surface area (Å²) in [6, 6.07) is 11.5. The number of benzene rings is 2. The van der Waals surface area contributed by atoms with E-state index in [1.165, 1.54) is 11.3 Å². The third-order valence-corrected chi connectivity index (χ3v) is 4.28. The molecule has 3 N–H and O–H groups in total. The van der Waals surface area contributed by atoms with Gasteiger partial charge in [0.1, 0.15) is 5.75 Å². The van der Waals surface area contributed by atoms with Crippen LogP contribution in [0.3, 0.4) is 0 Å². The first-order valence-electron chi connectivity index (χ1n) is 6.49. The quantitative estimate of drug-likeness (QED) is 0.604. The van der Waals surface area contributed by atoms with Gasteiger partial charge in [0.2, 0.25) is 0 Å². The number of hydrogen-bond donors (Lipinski definition) is 3. The molecule has 0 aliphatic heterocycles. The zero-order valence-electron chi connectivity index (χ0n) is 11.5. The van der Waals surface area contributed by atoms with Gasteiger partial charge in [-0.2, -0.15) is 0 Å². The molecule has 0 aliphatic carbocycles. The van der Waals surface area contributed by atoms with Crippen LogP contribution in [0.25, 0.3) is 10.2 Å². The van der Waals surface area contributed by atoms with E-state index in [4.69, 9.17) is 23.8 Å². The Morgan fingerprint density at radius 3 is 2.87 bits per heavy atom. The van der Waals surface area contributed by atoms with Gasteiger partial charge in [-0.05, 0) is 48.6 Å². The number of aromatic hydroxyl groups is 1. The number of carbonyl (C=O) groups is 1. The first-order chi connectivity index (χ1) is 11.0. The number of thiazole rings is 1. The Kier molecular flexibility index (Phi) is 4.42. The van der Waals surface area contributed by atoms with Crippen LogP contribution in [0.1, 0.15) is 10.4 Å². The highest BCUT2D eigenvalue weighted by Crippen LogP contribution is 2.28.